The van der Waals surface area contributed by atoms with Crippen LogP contribution in [-0.2, 0) is 9.59 Å². The van der Waals surface area contributed by atoms with Crippen molar-refractivity contribution in [3.63, 3.8) is 0 Å². The van der Waals surface area contributed by atoms with Crippen LogP contribution in [-0.4, -0.2) is 44.8 Å². The molecule has 2 aromatic carbocycles. The zero-order chi connectivity index (χ0) is 22.2. The van der Waals surface area contributed by atoms with Gasteiger partial charge in [0, 0.05) is 17.8 Å². The van der Waals surface area contributed by atoms with Gasteiger partial charge in [0.15, 0.2) is 0 Å². The summed E-state index contributed by atoms with van der Waals surface area (Å²) in [5.41, 5.74) is 6.19. The van der Waals surface area contributed by atoms with Crippen molar-refractivity contribution in [2.45, 2.75) is 12.8 Å². The topological polar surface area (TPSA) is 104 Å². The molecule has 3 N–H and O–H groups in total. The maximum Gasteiger partial charge on any atom is 0.336 e. The highest BCUT2D eigenvalue weighted by molar-refractivity contribution is 6.20. The number of aliphatic carboxylic acids is 2. The number of piperidine rings is 1. The predicted octanol–water partition coefficient (Wildman–Crippen LogP) is 3.72. The molecule has 0 aliphatic carbocycles. The van der Waals surface area contributed by atoms with Crippen LogP contribution in [0.15, 0.2) is 54.1 Å². The maximum atomic E-state index is 11.7. The molecule has 1 fully saturated rings. The van der Waals surface area contributed by atoms with Crippen LogP contribution in [0.4, 0.5) is 0 Å². The molecule has 0 radical (unpaired) electrons. The van der Waals surface area contributed by atoms with E-state index >= 15 is 0 Å². The minimum atomic E-state index is -1.30. The van der Waals surface area contributed by atoms with Crippen molar-refractivity contribution in [1.82, 2.24) is 14.9 Å². The summed E-state index contributed by atoms with van der Waals surface area (Å²) >= 11 is 0. The quantitative estimate of drug-likeness (QED) is 0.431. The number of nitrogens with one attached hydrogen (secondary N) is 1. The monoisotopic (exact) mass is 427 g/mol. The van der Waals surface area contributed by atoms with Crippen LogP contribution in [0.2, 0.25) is 0 Å². The Morgan fingerprint density at radius 2 is 1.84 bits per heavy atom. The lowest BCUT2D eigenvalue weighted by molar-refractivity contribution is -0.133. The van der Waals surface area contributed by atoms with Gasteiger partial charge in [-0.1, -0.05) is 35.9 Å². The number of imidazole rings is 1. The molecule has 0 spiro atoms. The Balaban J connectivity index is 1.77. The van der Waals surface area contributed by atoms with E-state index in [1.807, 2.05) is 29.0 Å². The predicted molar refractivity (Wildman–Crippen MR) is 123 cm³/mol. The van der Waals surface area contributed by atoms with Gasteiger partial charge in [-0.25, -0.2) is 14.6 Å². The van der Waals surface area contributed by atoms with Gasteiger partial charge in [-0.15, -0.1) is 0 Å². The first kappa shape index (κ1) is 20.0. The SMILES string of the molecule is O=C(O)C=C(C(=O)O)c1ccc2nc3n(c2c1)C=Cc1ccccc1C3=C1CCNCC1. The second-order valence-corrected chi connectivity index (χ2v) is 7.84. The average molecular weight is 427 g/mol. The number of carbonyl (C=O) groups is 2. The molecule has 5 rings (SSSR count). The van der Waals surface area contributed by atoms with Gasteiger partial charge in [-0.3, -0.25) is 4.57 Å². The Hall–Kier alpha value is -3.97. The summed E-state index contributed by atoms with van der Waals surface area (Å²) in [7, 11) is 0. The zero-order valence-electron chi connectivity index (χ0n) is 17.2. The number of fused-ring (bicyclic) bond motifs is 4. The van der Waals surface area contributed by atoms with Crippen molar-refractivity contribution in [2.24, 2.45) is 0 Å². The summed E-state index contributed by atoms with van der Waals surface area (Å²) in [6.45, 7) is 1.83. The minimum Gasteiger partial charge on any atom is -0.478 e. The first-order valence-corrected chi connectivity index (χ1v) is 10.4. The van der Waals surface area contributed by atoms with Crippen LogP contribution in [0.1, 0.15) is 35.4 Å². The van der Waals surface area contributed by atoms with Crippen molar-refractivity contribution in [3.05, 3.63) is 76.6 Å². The molecule has 7 heteroatoms. The fourth-order valence-electron chi connectivity index (χ4n) is 4.45. The van der Waals surface area contributed by atoms with E-state index in [1.165, 1.54) is 5.57 Å². The van der Waals surface area contributed by atoms with Crippen LogP contribution in [0.3, 0.4) is 0 Å². The number of hydrogen-bond acceptors (Lipinski definition) is 4. The summed E-state index contributed by atoms with van der Waals surface area (Å²) in [6.07, 6.45) is 6.57. The zero-order valence-corrected chi connectivity index (χ0v) is 17.2. The van der Waals surface area contributed by atoms with Crippen molar-refractivity contribution >= 4 is 46.4 Å². The minimum absolute atomic E-state index is 0.271. The summed E-state index contributed by atoms with van der Waals surface area (Å²) in [6, 6.07) is 13.3. The Bertz CT molecular complexity index is 1350. The molecule has 2 aliphatic heterocycles. The number of rotatable bonds is 3. The van der Waals surface area contributed by atoms with Gasteiger partial charge < -0.3 is 15.5 Å². The number of carboxylic acids is 2. The van der Waals surface area contributed by atoms with Crippen molar-refractivity contribution in [3.8, 4) is 0 Å². The molecule has 32 heavy (non-hydrogen) atoms. The van der Waals surface area contributed by atoms with Gasteiger partial charge in [0.1, 0.15) is 5.82 Å². The number of aromatic nitrogens is 2. The summed E-state index contributed by atoms with van der Waals surface area (Å²) in [5.74, 6) is -1.78. The summed E-state index contributed by atoms with van der Waals surface area (Å²) < 4.78 is 1.98. The van der Waals surface area contributed by atoms with Crippen LogP contribution >= 0.6 is 0 Å². The normalized spacial score (nSPS) is 15.9. The molecule has 160 valence electrons. The average Bonchev–Trinajstić information content (AvgIpc) is 3.06. The van der Waals surface area contributed by atoms with Crippen molar-refractivity contribution in [1.29, 1.82) is 0 Å². The number of nitrogens with zero attached hydrogens (tertiary/aromatic N) is 2. The third-order valence-electron chi connectivity index (χ3n) is 5.92. The van der Waals surface area contributed by atoms with Gasteiger partial charge in [0.25, 0.3) is 0 Å². The lowest BCUT2D eigenvalue weighted by Crippen LogP contribution is -2.24. The van der Waals surface area contributed by atoms with Crippen molar-refractivity contribution < 1.29 is 19.8 Å². The third-order valence-corrected chi connectivity index (χ3v) is 5.92. The molecule has 2 aliphatic rings. The molecule has 0 bridgehead atoms. The van der Waals surface area contributed by atoms with E-state index < -0.39 is 11.9 Å². The van der Waals surface area contributed by atoms with Gasteiger partial charge in [-0.05, 0) is 60.8 Å². The standard InChI is InChI=1S/C25H21N3O4/c29-22(30)14-19(25(31)32)17-5-6-20-21(13-17)28-12-9-15-3-1-2-4-18(15)23(24(28)27-20)16-7-10-26-11-8-16/h1-6,9,12-14,26H,7-8,10-11H2,(H,29,30)(H,31,32). The molecule has 0 amide bonds. The highest BCUT2D eigenvalue weighted by Crippen LogP contribution is 2.37. The largest absolute Gasteiger partial charge is 0.478 e. The van der Waals surface area contributed by atoms with E-state index in [-0.39, 0.29) is 5.57 Å². The molecular formula is C25H21N3O4. The second kappa shape index (κ2) is 7.94. The smallest absolute Gasteiger partial charge is 0.336 e. The Morgan fingerprint density at radius 3 is 2.59 bits per heavy atom. The van der Waals surface area contributed by atoms with Gasteiger partial charge >= 0.3 is 11.9 Å². The second-order valence-electron chi connectivity index (χ2n) is 7.84. The van der Waals surface area contributed by atoms with E-state index in [2.05, 4.69) is 17.4 Å². The maximum absolute atomic E-state index is 11.7. The van der Waals surface area contributed by atoms with E-state index in [0.29, 0.717) is 5.56 Å². The van der Waals surface area contributed by atoms with Crippen LogP contribution in [0.25, 0.3) is 34.5 Å². The molecule has 7 nitrogen and oxygen atoms in total. The number of carboxylic acid groups (broad SMARTS) is 2. The van der Waals surface area contributed by atoms with Gasteiger partial charge in [0.05, 0.1) is 16.6 Å². The lowest BCUT2D eigenvalue weighted by atomic mass is 9.91. The van der Waals surface area contributed by atoms with Gasteiger partial charge in [0.2, 0.25) is 0 Å². The van der Waals surface area contributed by atoms with Crippen molar-refractivity contribution in [2.75, 3.05) is 13.1 Å². The summed E-state index contributed by atoms with van der Waals surface area (Å²) in [4.78, 5) is 27.7. The molecule has 0 saturated carbocycles. The van der Waals surface area contributed by atoms with E-state index in [1.54, 1.807) is 18.2 Å². The first-order chi connectivity index (χ1) is 15.5. The highest BCUT2D eigenvalue weighted by Gasteiger charge is 2.24. The lowest BCUT2D eigenvalue weighted by Gasteiger charge is -2.20. The number of benzene rings is 2. The molecular weight excluding hydrogens is 406 g/mol. The fraction of sp³-hybridized carbons (Fsp3) is 0.160. The Morgan fingerprint density at radius 1 is 1.06 bits per heavy atom. The van der Waals surface area contributed by atoms with Gasteiger partial charge in [-0.2, -0.15) is 0 Å². The fourth-order valence-corrected chi connectivity index (χ4v) is 4.45. The van der Waals surface area contributed by atoms with E-state index in [0.717, 1.165) is 65.6 Å². The molecule has 1 aromatic heterocycles. The summed E-state index contributed by atoms with van der Waals surface area (Å²) in [5, 5.41) is 22.0. The Labute approximate surface area is 184 Å². The van der Waals surface area contributed by atoms with Crippen LogP contribution in [0.5, 0.6) is 0 Å². The van der Waals surface area contributed by atoms with E-state index in [4.69, 9.17) is 10.1 Å². The highest BCUT2D eigenvalue weighted by atomic mass is 16.4. The van der Waals surface area contributed by atoms with Crippen LogP contribution < -0.4 is 5.32 Å². The molecule has 1 saturated heterocycles. The molecule has 3 aromatic rings. The molecule has 0 atom stereocenters. The first-order valence-electron chi connectivity index (χ1n) is 10.4. The molecule has 3 heterocycles. The number of hydrogen-bond donors (Lipinski definition) is 3. The molecule has 0 unspecified atom stereocenters. The van der Waals surface area contributed by atoms with E-state index in [9.17, 15) is 14.7 Å². The Kier molecular flexibility index (Phi) is 4.95. The van der Waals surface area contributed by atoms with Crippen LogP contribution in [0, 0.1) is 0 Å². The third kappa shape index (κ3) is 3.42.